The fourth-order valence-electron chi connectivity index (χ4n) is 1.07. The smallest absolute Gasteiger partial charge is 0.258 e. The summed E-state index contributed by atoms with van der Waals surface area (Å²) in [7, 11) is 0. The Labute approximate surface area is 109 Å². The highest BCUT2D eigenvalue weighted by molar-refractivity contribution is 4.69. The van der Waals surface area contributed by atoms with E-state index in [9.17, 15) is 44.9 Å². The SMILES string of the molecule is CC(CN(F)CC(C)([N+](=O)[O-])[N+](=O)[O-])([N+](=O)[O-])[N+](=O)[O-]. The second-order valence-corrected chi connectivity index (χ2v) is 4.24. The minimum atomic E-state index is -2.98. The van der Waals surface area contributed by atoms with E-state index in [1.807, 2.05) is 0 Å². The van der Waals surface area contributed by atoms with E-state index in [2.05, 4.69) is 0 Å². The maximum Gasteiger partial charge on any atom is 0.470 e. The Balaban J connectivity index is 5.16. The van der Waals surface area contributed by atoms with Crippen molar-refractivity contribution in [3.8, 4) is 0 Å². The average Bonchev–Trinajstić information content (AvgIpc) is 2.27. The molecule has 0 aromatic rings. The van der Waals surface area contributed by atoms with E-state index in [-0.39, 0.29) is 0 Å². The van der Waals surface area contributed by atoms with Crippen LogP contribution in [0.4, 0.5) is 4.48 Å². The van der Waals surface area contributed by atoms with Gasteiger partial charge in [0.05, 0.1) is 33.5 Å². The summed E-state index contributed by atoms with van der Waals surface area (Å²) in [6.07, 6.45) is 0. The zero-order chi connectivity index (χ0) is 16.3. The lowest BCUT2D eigenvalue weighted by molar-refractivity contribution is -0.800. The van der Waals surface area contributed by atoms with Crippen molar-refractivity contribution < 1.29 is 24.2 Å². The summed E-state index contributed by atoms with van der Waals surface area (Å²) in [6, 6.07) is 0. The van der Waals surface area contributed by atoms with Gasteiger partial charge in [0.1, 0.15) is 0 Å². The van der Waals surface area contributed by atoms with Crippen molar-refractivity contribution in [2.45, 2.75) is 25.2 Å². The van der Waals surface area contributed by atoms with Gasteiger partial charge in [0.15, 0.2) is 13.1 Å². The highest BCUT2D eigenvalue weighted by Gasteiger charge is 2.57. The number of rotatable bonds is 8. The van der Waals surface area contributed by atoms with E-state index in [0.717, 1.165) is 0 Å². The van der Waals surface area contributed by atoms with E-state index in [0.29, 0.717) is 13.8 Å². The van der Waals surface area contributed by atoms with Gasteiger partial charge in [-0.1, -0.05) is 0 Å². The molecule has 0 fully saturated rings. The maximum absolute atomic E-state index is 13.5. The fraction of sp³-hybridized carbons (Fsp3) is 1.00. The lowest BCUT2D eigenvalue weighted by Crippen LogP contribution is -2.56. The molecule has 14 heteroatoms. The van der Waals surface area contributed by atoms with E-state index >= 15 is 0 Å². The van der Waals surface area contributed by atoms with Crippen LogP contribution >= 0.6 is 0 Å². The normalized spacial score (nSPS) is 12.2. The quantitative estimate of drug-likeness (QED) is 0.252. The molecule has 20 heavy (non-hydrogen) atoms. The van der Waals surface area contributed by atoms with Crippen molar-refractivity contribution in [1.82, 2.24) is 5.12 Å². The van der Waals surface area contributed by atoms with Crippen molar-refractivity contribution >= 4 is 0 Å². The first kappa shape index (κ1) is 17.5. The largest absolute Gasteiger partial charge is 0.470 e. The second-order valence-electron chi connectivity index (χ2n) is 4.24. The first-order valence-corrected chi connectivity index (χ1v) is 4.86. The Hall–Kier alpha value is -2.51. The van der Waals surface area contributed by atoms with Gasteiger partial charge in [0.2, 0.25) is 0 Å². The van der Waals surface area contributed by atoms with Crippen LogP contribution in [0.15, 0.2) is 0 Å². The van der Waals surface area contributed by atoms with Crippen LogP contribution in [0.2, 0.25) is 0 Å². The van der Waals surface area contributed by atoms with Crippen molar-refractivity contribution in [2.24, 2.45) is 0 Å². The van der Waals surface area contributed by atoms with Crippen LogP contribution in [0.1, 0.15) is 13.8 Å². The molecule has 0 bridgehead atoms. The molecule has 0 rings (SSSR count). The zero-order valence-electron chi connectivity index (χ0n) is 10.3. The third-order valence-corrected chi connectivity index (χ3v) is 2.52. The molecule has 0 aliphatic heterocycles. The highest BCUT2D eigenvalue weighted by atomic mass is 19.2. The van der Waals surface area contributed by atoms with Crippen molar-refractivity contribution in [3.05, 3.63) is 40.5 Å². The first-order valence-electron chi connectivity index (χ1n) is 4.86. The molecule has 0 atom stereocenters. The predicted molar refractivity (Wildman–Crippen MR) is 57.5 cm³/mol. The molecule has 0 saturated heterocycles. The van der Waals surface area contributed by atoms with E-state index in [1.165, 1.54) is 0 Å². The Kier molecular flexibility index (Phi) is 4.93. The van der Waals surface area contributed by atoms with E-state index in [4.69, 9.17) is 0 Å². The van der Waals surface area contributed by atoms with Crippen LogP contribution < -0.4 is 0 Å². The summed E-state index contributed by atoms with van der Waals surface area (Å²) >= 11 is 0. The molecule has 0 aliphatic carbocycles. The molecule has 0 heterocycles. The number of hydrogen-bond acceptors (Lipinski definition) is 9. The van der Waals surface area contributed by atoms with Crippen LogP contribution in [-0.2, 0) is 0 Å². The number of hydrogen-bond donors (Lipinski definition) is 0. The van der Waals surface area contributed by atoms with Crippen LogP contribution in [0.25, 0.3) is 0 Å². The molecular formula is C6H10FN5O8. The van der Waals surface area contributed by atoms with Crippen molar-refractivity contribution in [1.29, 1.82) is 0 Å². The van der Waals surface area contributed by atoms with Crippen molar-refractivity contribution in [3.63, 3.8) is 0 Å². The number of nitrogens with zero attached hydrogens (tertiary/aromatic N) is 5. The Bertz CT molecular complexity index is 387. The molecule has 0 spiro atoms. The lowest BCUT2D eigenvalue weighted by atomic mass is 10.2. The number of nitro groups is 4. The third-order valence-electron chi connectivity index (χ3n) is 2.52. The molecule has 0 aromatic heterocycles. The molecule has 0 radical (unpaired) electrons. The topological polar surface area (TPSA) is 176 Å². The summed E-state index contributed by atoms with van der Waals surface area (Å²) in [5.41, 5.74) is -5.97. The molecule has 0 amide bonds. The van der Waals surface area contributed by atoms with Gasteiger partial charge in [-0.3, -0.25) is 40.5 Å². The molecular weight excluding hydrogens is 289 g/mol. The van der Waals surface area contributed by atoms with Gasteiger partial charge in [-0.25, -0.2) is 0 Å². The average molecular weight is 299 g/mol. The molecule has 13 nitrogen and oxygen atoms in total. The third kappa shape index (κ3) is 3.28. The van der Waals surface area contributed by atoms with Crippen LogP contribution in [0.5, 0.6) is 0 Å². The summed E-state index contributed by atoms with van der Waals surface area (Å²) in [4.78, 5) is 36.6. The molecule has 0 aliphatic rings. The van der Waals surface area contributed by atoms with E-state index in [1.54, 1.807) is 0 Å². The monoisotopic (exact) mass is 299 g/mol. The van der Waals surface area contributed by atoms with Crippen molar-refractivity contribution in [2.75, 3.05) is 13.1 Å². The second kappa shape index (κ2) is 5.64. The molecule has 0 N–H and O–H groups in total. The van der Waals surface area contributed by atoms with Gasteiger partial charge in [-0.2, -0.15) is 0 Å². The maximum atomic E-state index is 13.5. The van der Waals surface area contributed by atoms with Gasteiger partial charge >= 0.3 is 11.3 Å². The van der Waals surface area contributed by atoms with Crippen LogP contribution in [0, 0.1) is 40.5 Å². The summed E-state index contributed by atoms with van der Waals surface area (Å²) in [6.45, 7) is -2.00. The standard InChI is InChI=1S/C6H10FN5O8/c1-5(9(13)14,10(15)16)3-8(7)4-6(2,11(17)18)12(19)20/h3-4H2,1-2H3. The zero-order valence-corrected chi connectivity index (χ0v) is 10.3. The Morgan fingerprint density at radius 2 is 1.00 bits per heavy atom. The minimum absolute atomic E-state index is 0.481. The van der Waals surface area contributed by atoms with Gasteiger partial charge in [0.25, 0.3) is 0 Å². The lowest BCUT2D eigenvalue weighted by Gasteiger charge is -2.19. The van der Waals surface area contributed by atoms with Gasteiger partial charge < -0.3 is 0 Å². The minimum Gasteiger partial charge on any atom is -0.258 e. The van der Waals surface area contributed by atoms with Crippen LogP contribution in [-0.4, -0.2) is 49.2 Å². The Morgan fingerprint density at radius 1 is 0.800 bits per heavy atom. The van der Waals surface area contributed by atoms with Gasteiger partial charge in [-0.05, 0) is 0 Å². The van der Waals surface area contributed by atoms with Gasteiger partial charge in [0, 0.05) is 0 Å². The summed E-state index contributed by atoms with van der Waals surface area (Å²) < 4.78 is 13.5. The van der Waals surface area contributed by atoms with Gasteiger partial charge in [-0.15, -0.1) is 9.60 Å². The van der Waals surface area contributed by atoms with E-state index < -0.39 is 49.2 Å². The summed E-state index contributed by atoms with van der Waals surface area (Å²) in [5, 5.41) is 41.5. The fourth-order valence-corrected chi connectivity index (χ4v) is 1.07. The molecule has 0 aromatic carbocycles. The number of halogens is 1. The molecule has 0 saturated carbocycles. The first-order chi connectivity index (χ1) is 8.87. The molecule has 0 unspecified atom stereocenters. The summed E-state index contributed by atoms with van der Waals surface area (Å²) in [5.74, 6) is 0. The predicted octanol–water partition coefficient (Wildman–Crippen LogP) is -0.288. The Morgan fingerprint density at radius 3 is 1.15 bits per heavy atom. The molecule has 114 valence electrons. The van der Waals surface area contributed by atoms with Crippen LogP contribution in [0.3, 0.4) is 0 Å². The highest BCUT2D eigenvalue weighted by Crippen LogP contribution is 2.17.